The molecule has 0 atom stereocenters. The van der Waals surface area contributed by atoms with E-state index >= 15 is 0 Å². The van der Waals surface area contributed by atoms with Crippen LogP contribution < -0.4 is 0 Å². The fourth-order valence-electron chi connectivity index (χ4n) is 2.92. The lowest BCUT2D eigenvalue weighted by atomic mass is 9.97. The van der Waals surface area contributed by atoms with E-state index in [0.29, 0.717) is 5.39 Å². The second kappa shape index (κ2) is 4.04. The Kier molecular flexibility index (Phi) is 2.31. The van der Waals surface area contributed by atoms with Gasteiger partial charge in [0, 0.05) is 5.39 Å². The van der Waals surface area contributed by atoms with Crippen molar-refractivity contribution in [1.29, 1.82) is 0 Å². The van der Waals surface area contributed by atoms with E-state index in [1.54, 1.807) is 6.07 Å². The van der Waals surface area contributed by atoms with Crippen molar-refractivity contribution in [3.63, 3.8) is 0 Å². The van der Waals surface area contributed by atoms with Gasteiger partial charge in [-0.25, -0.2) is 4.39 Å². The van der Waals surface area contributed by atoms with Gasteiger partial charge in [-0.05, 0) is 52.1 Å². The second-order valence-electron chi connectivity index (χ2n) is 5.32. The average molecular weight is 260 g/mol. The van der Waals surface area contributed by atoms with Crippen molar-refractivity contribution < 1.29 is 4.39 Å². The minimum atomic E-state index is -0.159. The van der Waals surface area contributed by atoms with E-state index in [9.17, 15) is 4.39 Å². The Labute approximate surface area is 116 Å². The lowest BCUT2D eigenvalue weighted by molar-refractivity contribution is 0.640. The first kappa shape index (κ1) is 11.4. The molecule has 4 aromatic carbocycles. The van der Waals surface area contributed by atoms with Crippen molar-refractivity contribution in [3.05, 3.63) is 72.0 Å². The quantitative estimate of drug-likeness (QED) is 0.285. The Balaban J connectivity index is 2.23. The van der Waals surface area contributed by atoms with Crippen LogP contribution in [0.3, 0.4) is 0 Å². The van der Waals surface area contributed by atoms with Crippen molar-refractivity contribution in [1.82, 2.24) is 0 Å². The van der Waals surface area contributed by atoms with Gasteiger partial charge in [-0.2, -0.15) is 0 Å². The summed E-state index contributed by atoms with van der Waals surface area (Å²) in [4.78, 5) is 0. The molecule has 0 heterocycles. The zero-order valence-corrected chi connectivity index (χ0v) is 11.2. The Morgan fingerprint density at radius 2 is 1.50 bits per heavy atom. The van der Waals surface area contributed by atoms with E-state index in [2.05, 4.69) is 37.3 Å². The molecule has 0 radical (unpaired) electrons. The third-order valence-electron chi connectivity index (χ3n) is 3.94. The summed E-state index contributed by atoms with van der Waals surface area (Å²) in [6.45, 7) is 2.09. The summed E-state index contributed by atoms with van der Waals surface area (Å²) in [5, 5.41) is 6.35. The highest BCUT2D eigenvalue weighted by Gasteiger charge is 2.05. The highest BCUT2D eigenvalue weighted by atomic mass is 19.1. The maximum atomic E-state index is 13.9. The van der Waals surface area contributed by atoms with Crippen LogP contribution in [0.2, 0.25) is 0 Å². The van der Waals surface area contributed by atoms with Crippen LogP contribution in [0.4, 0.5) is 4.39 Å². The van der Waals surface area contributed by atoms with Crippen LogP contribution in [0.1, 0.15) is 5.56 Å². The van der Waals surface area contributed by atoms with Gasteiger partial charge in [-0.1, -0.05) is 48.0 Å². The van der Waals surface area contributed by atoms with Crippen molar-refractivity contribution in [2.75, 3.05) is 0 Å². The molecule has 20 heavy (non-hydrogen) atoms. The molecule has 0 aliphatic carbocycles. The monoisotopic (exact) mass is 260 g/mol. The summed E-state index contributed by atoms with van der Waals surface area (Å²) in [7, 11) is 0. The zero-order chi connectivity index (χ0) is 13.7. The minimum Gasteiger partial charge on any atom is -0.206 e. The van der Waals surface area contributed by atoms with Crippen LogP contribution in [0, 0.1) is 12.7 Å². The summed E-state index contributed by atoms with van der Waals surface area (Å²) in [6, 6.07) is 19.9. The number of benzene rings is 4. The van der Waals surface area contributed by atoms with Crippen LogP contribution in [-0.4, -0.2) is 0 Å². The van der Waals surface area contributed by atoms with Crippen LogP contribution in [0.25, 0.3) is 32.3 Å². The first-order chi connectivity index (χ1) is 9.72. The maximum Gasteiger partial charge on any atom is 0.131 e. The average Bonchev–Trinajstić information content (AvgIpc) is 2.45. The molecule has 0 nitrogen and oxygen atoms in total. The number of hydrogen-bond acceptors (Lipinski definition) is 0. The third kappa shape index (κ3) is 1.60. The molecule has 4 aromatic rings. The normalized spacial score (nSPS) is 11.5. The SMILES string of the molecule is Cc1ccc2cc3ccc4c(F)cccc4c3cc2c1. The van der Waals surface area contributed by atoms with Crippen molar-refractivity contribution in [2.45, 2.75) is 6.92 Å². The van der Waals surface area contributed by atoms with Gasteiger partial charge < -0.3 is 0 Å². The molecule has 1 heteroatoms. The predicted octanol–water partition coefficient (Wildman–Crippen LogP) is 5.59. The largest absolute Gasteiger partial charge is 0.206 e. The highest BCUT2D eigenvalue weighted by molar-refractivity contribution is 6.12. The molecule has 4 rings (SSSR count). The topological polar surface area (TPSA) is 0 Å². The van der Waals surface area contributed by atoms with Crippen LogP contribution >= 0.6 is 0 Å². The number of halogens is 1. The van der Waals surface area contributed by atoms with Gasteiger partial charge in [-0.15, -0.1) is 0 Å². The second-order valence-corrected chi connectivity index (χ2v) is 5.32. The number of aryl methyl sites for hydroxylation is 1. The zero-order valence-electron chi connectivity index (χ0n) is 11.2. The van der Waals surface area contributed by atoms with Gasteiger partial charge >= 0.3 is 0 Å². The molecule has 0 unspecified atom stereocenters. The molecule has 0 saturated carbocycles. The molecule has 0 aliphatic rings. The van der Waals surface area contributed by atoms with E-state index in [4.69, 9.17) is 0 Å². The van der Waals surface area contributed by atoms with Crippen molar-refractivity contribution in [3.8, 4) is 0 Å². The molecule has 0 fully saturated rings. The maximum absolute atomic E-state index is 13.9. The fraction of sp³-hybridized carbons (Fsp3) is 0.0526. The molecule has 0 bridgehead atoms. The van der Waals surface area contributed by atoms with Crippen molar-refractivity contribution in [2.24, 2.45) is 0 Å². The summed E-state index contributed by atoms with van der Waals surface area (Å²) >= 11 is 0. The van der Waals surface area contributed by atoms with Gasteiger partial charge in [0.25, 0.3) is 0 Å². The lowest BCUT2D eigenvalue weighted by Gasteiger charge is -2.07. The smallest absolute Gasteiger partial charge is 0.131 e. The summed E-state index contributed by atoms with van der Waals surface area (Å²) in [5.41, 5.74) is 1.24. The number of rotatable bonds is 0. The lowest BCUT2D eigenvalue weighted by Crippen LogP contribution is -1.83. The Morgan fingerprint density at radius 3 is 2.40 bits per heavy atom. The van der Waals surface area contributed by atoms with E-state index < -0.39 is 0 Å². The molecule has 0 saturated heterocycles. The van der Waals surface area contributed by atoms with E-state index in [1.807, 2.05) is 18.2 Å². The molecular formula is C19H13F. The first-order valence-corrected chi connectivity index (χ1v) is 6.74. The van der Waals surface area contributed by atoms with Gasteiger partial charge in [0.05, 0.1) is 0 Å². The molecule has 96 valence electrons. The van der Waals surface area contributed by atoms with Gasteiger partial charge in [0.2, 0.25) is 0 Å². The highest BCUT2D eigenvalue weighted by Crippen LogP contribution is 2.30. The first-order valence-electron chi connectivity index (χ1n) is 6.74. The number of fused-ring (bicyclic) bond motifs is 4. The van der Waals surface area contributed by atoms with Gasteiger partial charge in [-0.3, -0.25) is 0 Å². The third-order valence-corrected chi connectivity index (χ3v) is 3.94. The summed E-state index contributed by atoms with van der Waals surface area (Å²) in [5.74, 6) is -0.159. The molecular weight excluding hydrogens is 247 g/mol. The molecule has 0 aromatic heterocycles. The van der Waals surface area contributed by atoms with E-state index in [1.165, 1.54) is 22.4 Å². The molecule has 0 amide bonds. The van der Waals surface area contributed by atoms with E-state index in [-0.39, 0.29) is 5.82 Å². The van der Waals surface area contributed by atoms with Crippen LogP contribution in [0.15, 0.2) is 60.7 Å². The van der Waals surface area contributed by atoms with Crippen LogP contribution in [0.5, 0.6) is 0 Å². The van der Waals surface area contributed by atoms with Crippen LogP contribution in [-0.2, 0) is 0 Å². The standard InChI is InChI=1S/C19H13F/c1-12-5-6-13-10-14-7-8-17-16(3-2-4-19(17)20)18(14)11-15(13)9-12/h2-11H,1H3. The van der Waals surface area contributed by atoms with Gasteiger partial charge in [0.15, 0.2) is 0 Å². The Hall–Kier alpha value is -2.41. The Bertz CT molecular complexity index is 967. The van der Waals surface area contributed by atoms with Gasteiger partial charge in [0.1, 0.15) is 5.82 Å². The molecule has 0 aliphatic heterocycles. The summed E-state index contributed by atoms with van der Waals surface area (Å²) < 4.78 is 13.9. The molecule has 0 spiro atoms. The number of hydrogen-bond donors (Lipinski definition) is 0. The minimum absolute atomic E-state index is 0.159. The van der Waals surface area contributed by atoms with Crippen molar-refractivity contribution >= 4 is 32.3 Å². The summed E-state index contributed by atoms with van der Waals surface area (Å²) in [6.07, 6.45) is 0. The van der Waals surface area contributed by atoms with E-state index in [0.717, 1.165) is 16.2 Å². The molecule has 0 N–H and O–H groups in total. The fourth-order valence-corrected chi connectivity index (χ4v) is 2.92. The predicted molar refractivity (Wildman–Crippen MR) is 83.7 cm³/mol. The Morgan fingerprint density at radius 1 is 0.650 bits per heavy atom.